The van der Waals surface area contributed by atoms with Gasteiger partial charge >= 0.3 is 0 Å². The number of imide groups is 1. The molecule has 1 aliphatic rings. The summed E-state index contributed by atoms with van der Waals surface area (Å²) < 4.78 is 5.66. The molecule has 1 aromatic carbocycles. The predicted octanol–water partition coefficient (Wildman–Crippen LogP) is 4.38. The Labute approximate surface area is 163 Å². The fraction of sp³-hybridized carbons (Fsp3) is 0.333. The van der Waals surface area contributed by atoms with Crippen molar-refractivity contribution in [1.82, 2.24) is 4.90 Å². The maximum absolute atomic E-state index is 13.0. The van der Waals surface area contributed by atoms with Crippen molar-refractivity contribution < 1.29 is 14.3 Å². The number of thiophene rings is 1. The van der Waals surface area contributed by atoms with Gasteiger partial charge in [-0.25, -0.2) is 0 Å². The molecular formula is C21H24N2O3S. The average molecular weight is 385 g/mol. The molecule has 6 heteroatoms. The predicted molar refractivity (Wildman–Crippen MR) is 109 cm³/mol. The molecule has 3 rings (SSSR count). The topological polar surface area (TPSA) is 58.6 Å². The summed E-state index contributed by atoms with van der Waals surface area (Å²) in [7, 11) is 0. The van der Waals surface area contributed by atoms with Crippen LogP contribution in [0.1, 0.15) is 32.1 Å². The van der Waals surface area contributed by atoms with E-state index in [1.54, 1.807) is 0 Å². The maximum Gasteiger partial charge on any atom is 0.278 e. The first-order chi connectivity index (χ1) is 13.0. The van der Waals surface area contributed by atoms with Crippen molar-refractivity contribution >= 4 is 34.4 Å². The highest BCUT2D eigenvalue weighted by atomic mass is 32.1. The lowest BCUT2D eigenvalue weighted by Gasteiger charge is -2.17. The lowest BCUT2D eigenvalue weighted by atomic mass is 10.1. The molecule has 142 valence electrons. The van der Waals surface area contributed by atoms with E-state index in [0.29, 0.717) is 24.4 Å². The summed E-state index contributed by atoms with van der Waals surface area (Å²) in [6.07, 6.45) is 0.919. The van der Waals surface area contributed by atoms with Crippen molar-refractivity contribution in [2.24, 2.45) is 5.92 Å². The average Bonchev–Trinajstić information content (AvgIpc) is 3.24. The highest BCUT2D eigenvalue weighted by Crippen LogP contribution is 2.33. The highest BCUT2D eigenvalue weighted by Gasteiger charge is 2.39. The number of carbonyl (C=O) groups is 2. The summed E-state index contributed by atoms with van der Waals surface area (Å²) in [5, 5.41) is 5.08. The van der Waals surface area contributed by atoms with Crippen LogP contribution in [-0.4, -0.2) is 29.9 Å². The minimum Gasteiger partial charge on any atom is -0.494 e. The molecule has 1 aromatic heterocycles. The number of amides is 2. The number of rotatable bonds is 8. The van der Waals surface area contributed by atoms with Crippen LogP contribution >= 0.6 is 11.3 Å². The van der Waals surface area contributed by atoms with Crippen molar-refractivity contribution in [1.29, 1.82) is 0 Å². The number of ether oxygens (including phenoxy) is 1. The van der Waals surface area contributed by atoms with Crippen LogP contribution in [0.25, 0.3) is 5.57 Å². The highest BCUT2D eigenvalue weighted by molar-refractivity contribution is 7.11. The summed E-state index contributed by atoms with van der Waals surface area (Å²) in [6, 6.07) is 11.2. The normalized spacial score (nSPS) is 14.4. The largest absolute Gasteiger partial charge is 0.494 e. The van der Waals surface area contributed by atoms with E-state index < -0.39 is 0 Å². The molecular weight excluding hydrogens is 360 g/mol. The molecule has 2 amide bonds. The summed E-state index contributed by atoms with van der Waals surface area (Å²) in [4.78, 5) is 28.0. The van der Waals surface area contributed by atoms with Gasteiger partial charge in [0.15, 0.2) is 0 Å². The second-order valence-corrected chi connectivity index (χ2v) is 7.79. The molecule has 0 bridgehead atoms. The van der Waals surface area contributed by atoms with Gasteiger partial charge in [0.2, 0.25) is 0 Å². The first-order valence-electron chi connectivity index (χ1n) is 9.15. The Morgan fingerprint density at radius 3 is 2.63 bits per heavy atom. The zero-order chi connectivity index (χ0) is 19.4. The summed E-state index contributed by atoms with van der Waals surface area (Å²) in [5.74, 6) is 0.414. The van der Waals surface area contributed by atoms with Gasteiger partial charge in [-0.3, -0.25) is 14.5 Å². The van der Waals surface area contributed by atoms with Crippen LogP contribution in [0.15, 0.2) is 47.5 Å². The van der Waals surface area contributed by atoms with Crippen LogP contribution in [0, 0.1) is 5.92 Å². The van der Waals surface area contributed by atoms with Gasteiger partial charge in [-0.1, -0.05) is 32.9 Å². The monoisotopic (exact) mass is 384 g/mol. The molecule has 0 saturated heterocycles. The molecule has 0 saturated carbocycles. The SMILES string of the molecule is CCCOc1cccc(NC2=C(c3cccs3)C(=O)N(CC(C)C)C2=O)c1. The molecule has 5 nitrogen and oxygen atoms in total. The van der Waals surface area contributed by atoms with Crippen LogP contribution in [0.5, 0.6) is 5.75 Å². The fourth-order valence-electron chi connectivity index (χ4n) is 2.90. The van der Waals surface area contributed by atoms with Crippen molar-refractivity contribution in [3.63, 3.8) is 0 Å². The first kappa shape index (κ1) is 19.2. The Morgan fingerprint density at radius 2 is 1.96 bits per heavy atom. The fourth-order valence-corrected chi connectivity index (χ4v) is 3.67. The van der Waals surface area contributed by atoms with E-state index in [2.05, 4.69) is 5.32 Å². The standard InChI is InChI=1S/C21H24N2O3S/c1-4-10-26-16-8-5-7-15(12-16)22-19-18(17-9-6-11-27-17)20(24)23(21(19)25)13-14(2)3/h5-9,11-12,14,22H,4,10,13H2,1-3H3. The molecule has 0 atom stereocenters. The van der Waals surface area contributed by atoms with Crippen molar-refractivity contribution in [3.8, 4) is 5.75 Å². The zero-order valence-electron chi connectivity index (χ0n) is 15.8. The zero-order valence-corrected chi connectivity index (χ0v) is 16.6. The lowest BCUT2D eigenvalue weighted by molar-refractivity contribution is -0.137. The summed E-state index contributed by atoms with van der Waals surface area (Å²) >= 11 is 1.45. The van der Waals surface area contributed by atoms with Crippen LogP contribution in [-0.2, 0) is 9.59 Å². The van der Waals surface area contributed by atoms with Crippen LogP contribution in [0.3, 0.4) is 0 Å². The Bertz CT molecular complexity index is 856. The maximum atomic E-state index is 13.0. The quantitative estimate of drug-likeness (QED) is 0.686. The van der Waals surface area contributed by atoms with Gasteiger partial charge in [0.25, 0.3) is 11.8 Å². The Hall–Kier alpha value is -2.60. The van der Waals surface area contributed by atoms with Crippen molar-refractivity contribution in [3.05, 3.63) is 52.4 Å². The Balaban J connectivity index is 1.94. The summed E-state index contributed by atoms with van der Waals surface area (Å²) in [6.45, 7) is 7.06. The minimum atomic E-state index is -0.281. The molecule has 1 aliphatic heterocycles. The van der Waals surface area contributed by atoms with E-state index in [-0.39, 0.29) is 17.7 Å². The van der Waals surface area contributed by atoms with E-state index in [4.69, 9.17) is 4.74 Å². The number of nitrogens with zero attached hydrogens (tertiary/aromatic N) is 1. The van der Waals surface area contributed by atoms with Gasteiger partial charge in [-0.2, -0.15) is 0 Å². The molecule has 0 aliphatic carbocycles. The number of hydrogen-bond donors (Lipinski definition) is 1. The molecule has 0 radical (unpaired) electrons. The van der Waals surface area contributed by atoms with Gasteiger partial charge < -0.3 is 10.1 Å². The molecule has 0 unspecified atom stereocenters. The third-order valence-corrected chi connectivity index (χ3v) is 4.95. The minimum absolute atomic E-state index is 0.201. The third-order valence-electron chi connectivity index (χ3n) is 4.06. The van der Waals surface area contributed by atoms with Crippen LogP contribution < -0.4 is 10.1 Å². The number of carbonyl (C=O) groups excluding carboxylic acids is 2. The molecule has 0 spiro atoms. The van der Waals surface area contributed by atoms with E-state index in [0.717, 1.165) is 22.7 Å². The van der Waals surface area contributed by atoms with Gasteiger partial charge in [0.05, 0.1) is 12.2 Å². The van der Waals surface area contributed by atoms with E-state index in [9.17, 15) is 9.59 Å². The van der Waals surface area contributed by atoms with Gasteiger partial charge in [-0.15, -0.1) is 11.3 Å². The second-order valence-electron chi connectivity index (χ2n) is 6.84. The van der Waals surface area contributed by atoms with Crippen LogP contribution in [0.2, 0.25) is 0 Å². The number of anilines is 1. The summed E-state index contributed by atoms with van der Waals surface area (Å²) in [5.41, 5.74) is 1.49. The molecule has 1 N–H and O–H groups in total. The Morgan fingerprint density at radius 1 is 1.15 bits per heavy atom. The van der Waals surface area contributed by atoms with Crippen molar-refractivity contribution in [2.45, 2.75) is 27.2 Å². The molecule has 27 heavy (non-hydrogen) atoms. The number of hydrogen-bond acceptors (Lipinski definition) is 5. The van der Waals surface area contributed by atoms with Crippen LogP contribution in [0.4, 0.5) is 5.69 Å². The second kappa shape index (κ2) is 8.39. The Kier molecular flexibility index (Phi) is 5.96. The van der Waals surface area contributed by atoms with E-state index in [1.165, 1.54) is 16.2 Å². The molecule has 2 heterocycles. The molecule has 2 aromatic rings. The van der Waals surface area contributed by atoms with E-state index in [1.807, 2.05) is 62.5 Å². The third kappa shape index (κ3) is 4.22. The lowest BCUT2D eigenvalue weighted by Crippen LogP contribution is -2.35. The van der Waals surface area contributed by atoms with E-state index >= 15 is 0 Å². The smallest absolute Gasteiger partial charge is 0.278 e. The molecule has 0 fully saturated rings. The van der Waals surface area contributed by atoms with Gasteiger partial charge in [0, 0.05) is 23.2 Å². The number of nitrogens with one attached hydrogen (secondary N) is 1. The first-order valence-corrected chi connectivity index (χ1v) is 10.0. The van der Waals surface area contributed by atoms with Gasteiger partial charge in [-0.05, 0) is 35.9 Å². The van der Waals surface area contributed by atoms with Crippen molar-refractivity contribution in [2.75, 3.05) is 18.5 Å². The van der Waals surface area contributed by atoms with Gasteiger partial charge in [0.1, 0.15) is 11.4 Å². The number of benzene rings is 1.